The van der Waals surface area contributed by atoms with E-state index in [1.165, 1.54) is 6.20 Å². The van der Waals surface area contributed by atoms with Gasteiger partial charge >= 0.3 is 5.97 Å². The van der Waals surface area contributed by atoms with Gasteiger partial charge in [-0.05, 0) is 25.1 Å². The Labute approximate surface area is 104 Å². The fourth-order valence-corrected chi connectivity index (χ4v) is 1.24. The molecule has 0 amide bonds. The Balaban J connectivity index is 2.82. The summed E-state index contributed by atoms with van der Waals surface area (Å²) in [5.74, 6) is -0.435. The maximum atomic E-state index is 10.6. The monoisotopic (exact) mass is 253 g/mol. The molecule has 1 aromatic carbocycles. The van der Waals surface area contributed by atoms with Crippen LogP contribution in [0.2, 0.25) is 5.02 Å². The van der Waals surface area contributed by atoms with E-state index in [-0.39, 0.29) is 12.3 Å². The molecule has 0 saturated heterocycles. The van der Waals surface area contributed by atoms with Gasteiger partial charge in [-0.25, -0.2) is 4.99 Å². The van der Waals surface area contributed by atoms with E-state index in [0.717, 1.165) is 0 Å². The average Bonchev–Trinajstić information content (AvgIpc) is 2.25. The number of benzene rings is 1. The zero-order valence-corrected chi connectivity index (χ0v) is 10.0. The summed E-state index contributed by atoms with van der Waals surface area (Å²) in [6.45, 7) is 1.78. The number of carboxylic acids is 1. The Morgan fingerprint density at radius 3 is 2.94 bits per heavy atom. The lowest BCUT2D eigenvalue weighted by Crippen LogP contribution is -2.13. The van der Waals surface area contributed by atoms with Gasteiger partial charge in [0.1, 0.15) is 12.2 Å². The summed E-state index contributed by atoms with van der Waals surface area (Å²) in [6, 6.07) is 6.69. The molecule has 0 heterocycles. The van der Waals surface area contributed by atoms with Crippen molar-refractivity contribution in [1.82, 2.24) is 0 Å². The van der Waals surface area contributed by atoms with Crippen molar-refractivity contribution in [2.45, 2.75) is 13.3 Å². The van der Waals surface area contributed by atoms with E-state index < -0.39 is 5.97 Å². The van der Waals surface area contributed by atoms with Gasteiger partial charge in [0.05, 0.1) is 0 Å². The Morgan fingerprint density at radius 1 is 1.59 bits per heavy atom. The van der Waals surface area contributed by atoms with Crippen molar-refractivity contribution in [2.75, 3.05) is 0 Å². The van der Waals surface area contributed by atoms with Gasteiger partial charge < -0.3 is 9.84 Å². The molecular formula is C12H12ClNO3. The number of aliphatic imine (C=N–C) groups is 1. The van der Waals surface area contributed by atoms with Crippen LogP contribution in [0, 0.1) is 0 Å². The molecular weight excluding hydrogens is 242 g/mol. The van der Waals surface area contributed by atoms with Crippen LogP contribution in [0.1, 0.15) is 13.3 Å². The third-order valence-electron chi connectivity index (χ3n) is 1.70. The number of carbonyl (C=O) groups is 1. The van der Waals surface area contributed by atoms with Crippen molar-refractivity contribution in [2.24, 2.45) is 4.99 Å². The number of halogens is 1. The molecule has 0 aromatic heterocycles. The fourth-order valence-electron chi connectivity index (χ4n) is 1.06. The van der Waals surface area contributed by atoms with Crippen molar-refractivity contribution in [1.29, 1.82) is 0 Å². The first-order valence-corrected chi connectivity index (χ1v) is 5.32. The SMILES string of the molecule is CC=CN=C(CC(=O)O)Oc1cccc(Cl)c1. The number of hydrogen-bond donors (Lipinski definition) is 1. The molecule has 0 aliphatic carbocycles. The van der Waals surface area contributed by atoms with E-state index in [4.69, 9.17) is 21.4 Å². The lowest BCUT2D eigenvalue weighted by molar-refractivity contribution is -0.135. The van der Waals surface area contributed by atoms with Crippen LogP contribution in [0.4, 0.5) is 0 Å². The van der Waals surface area contributed by atoms with Gasteiger partial charge in [-0.3, -0.25) is 4.79 Å². The highest BCUT2D eigenvalue weighted by molar-refractivity contribution is 6.30. The van der Waals surface area contributed by atoms with E-state index in [9.17, 15) is 4.79 Å². The number of rotatable bonds is 4. The zero-order chi connectivity index (χ0) is 12.7. The molecule has 1 rings (SSSR count). The summed E-state index contributed by atoms with van der Waals surface area (Å²) >= 11 is 5.79. The summed E-state index contributed by atoms with van der Waals surface area (Å²) < 4.78 is 5.34. The number of ether oxygens (including phenoxy) is 1. The largest absolute Gasteiger partial charge is 0.481 e. The molecule has 1 N–H and O–H groups in total. The van der Waals surface area contributed by atoms with Crippen molar-refractivity contribution < 1.29 is 14.6 Å². The first-order valence-electron chi connectivity index (χ1n) is 4.95. The fraction of sp³-hybridized carbons (Fsp3) is 0.167. The number of hydrogen-bond acceptors (Lipinski definition) is 3. The zero-order valence-electron chi connectivity index (χ0n) is 9.26. The van der Waals surface area contributed by atoms with Crippen molar-refractivity contribution in [3.05, 3.63) is 41.6 Å². The normalized spacial score (nSPS) is 11.8. The van der Waals surface area contributed by atoms with Crippen LogP contribution >= 0.6 is 11.6 Å². The summed E-state index contributed by atoms with van der Waals surface area (Å²) in [5, 5.41) is 9.22. The van der Waals surface area contributed by atoms with E-state index in [0.29, 0.717) is 10.8 Å². The number of nitrogens with zero attached hydrogens (tertiary/aromatic N) is 1. The van der Waals surface area contributed by atoms with Gasteiger partial charge in [0.15, 0.2) is 0 Å². The highest BCUT2D eigenvalue weighted by Crippen LogP contribution is 2.17. The molecule has 0 radical (unpaired) electrons. The second-order valence-corrected chi connectivity index (χ2v) is 3.57. The minimum Gasteiger partial charge on any atom is -0.481 e. The van der Waals surface area contributed by atoms with Crippen LogP contribution in [0.25, 0.3) is 0 Å². The Morgan fingerprint density at radius 2 is 2.35 bits per heavy atom. The minimum atomic E-state index is -1.00. The molecule has 4 nitrogen and oxygen atoms in total. The van der Waals surface area contributed by atoms with Gasteiger partial charge in [-0.1, -0.05) is 23.7 Å². The van der Waals surface area contributed by atoms with E-state index >= 15 is 0 Å². The van der Waals surface area contributed by atoms with Crippen LogP contribution in [0.5, 0.6) is 5.75 Å². The lowest BCUT2D eigenvalue weighted by atomic mass is 10.3. The third-order valence-corrected chi connectivity index (χ3v) is 1.94. The molecule has 0 spiro atoms. The molecule has 0 fully saturated rings. The summed E-state index contributed by atoms with van der Waals surface area (Å²) in [4.78, 5) is 14.5. The first-order chi connectivity index (χ1) is 8.11. The minimum absolute atomic E-state index is 0.109. The third kappa shape index (κ3) is 5.17. The van der Waals surface area contributed by atoms with E-state index in [2.05, 4.69) is 4.99 Å². The van der Waals surface area contributed by atoms with Gasteiger partial charge in [-0.2, -0.15) is 0 Å². The average molecular weight is 254 g/mol. The second kappa shape index (κ2) is 6.70. The molecule has 0 atom stereocenters. The summed E-state index contributed by atoms with van der Waals surface area (Å²) in [6.07, 6.45) is 2.88. The molecule has 0 aliphatic rings. The van der Waals surface area contributed by atoms with Gasteiger partial charge in [0.2, 0.25) is 5.90 Å². The van der Waals surface area contributed by atoms with Gasteiger partial charge in [0, 0.05) is 11.2 Å². The lowest BCUT2D eigenvalue weighted by Gasteiger charge is -2.06. The molecule has 0 bridgehead atoms. The Hall–Kier alpha value is -1.81. The van der Waals surface area contributed by atoms with Crippen LogP contribution in [-0.2, 0) is 4.79 Å². The molecule has 90 valence electrons. The summed E-state index contributed by atoms with van der Waals surface area (Å²) in [7, 11) is 0. The van der Waals surface area contributed by atoms with Crippen LogP contribution in [-0.4, -0.2) is 17.0 Å². The smallest absolute Gasteiger partial charge is 0.312 e. The molecule has 1 aromatic rings. The molecule has 17 heavy (non-hydrogen) atoms. The molecule has 0 unspecified atom stereocenters. The van der Waals surface area contributed by atoms with Gasteiger partial charge in [-0.15, -0.1) is 0 Å². The predicted molar refractivity (Wildman–Crippen MR) is 66.6 cm³/mol. The number of allylic oxidation sites excluding steroid dienone is 1. The van der Waals surface area contributed by atoms with Crippen molar-refractivity contribution >= 4 is 23.5 Å². The highest BCUT2D eigenvalue weighted by atomic mass is 35.5. The van der Waals surface area contributed by atoms with Crippen LogP contribution in [0.15, 0.2) is 41.5 Å². The first kappa shape index (κ1) is 13.3. The van der Waals surface area contributed by atoms with Crippen molar-refractivity contribution in [3.63, 3.8) is 0 Å². The maximum absolute atomic E-state index is 10.6. The van der Waals surface area contributed by atoms with E-state index in [1.807, 2.05) is 0 Å². The molecule has 0 saturated carbocycles. The Bertz CT molecular complexity index is 455. The quantitative estimate of drug-likeness (QED) is 0.662. The van der Waals surface area contributed by atoms with Crippen LogP contribution in [0.3, 0.4) is 0 Å². The number of carboxylic acid groups (broad SMARTS) is 1. The van der Waals surface area contributed by atoms with Gasteiger partial charge in [0.25, 0.3) is 0 Å². The molecule has 0 aliphatic heterocycles. The maximum Gasteiger partial charge on any atom is 0.312 e. The van der Waals surface area contributed by atoms with Crippen LogP contribution < -0.4 is 4.74 Å². The van der Waals surface area contributed by atoms with E-state index in [1.54, 1.807) is 37.3 Å². The molecule has 5 heteroatoms. The Kier molecular flexibility index (Phi) is 5.23. The highest BCUT2D eigenvalue weighted by Gasteiger charge is 2.08. The topological polar surface area (TPSA) is 58.9 Å². The number of aliphatic carboxylic acids is 1. The second-order valence-electron chi connectivity index (χ2n) is 3.14. The summed E-state index contributed by atoms with van der Waals surface area (Å²) in [5.41, 5.74) is 0. The predicted octanol–water partition coefficient (Wildman–Crippen LogP) is 3.13. The van der Waals surface area contributed by atoms with Crippen molar-refractivity contribution in [3.8, 4) is 5.75 Å². The standard InChI is InChI=1S/C12H12ClNO3/c1-2-6-14-11(8-12(15)16)17-10-5-3-4-9(13)7-10/h2-7H,8H2,1H3,(H,15,16).